The van der Waals surface area contributed by atoms with Gasteiger partial charge in [0.05, 0.1) is 17.9 Å². The largest absolute Gasteiger partial charge is 0.461 e. The minimum absolute atomic E-state index is 0.120. The fourth-order valence-corrected chi connectivity index (χ4v) is 1.83. The van der Waals surface area contributed by atoms with Gasteiger partial charge >= 0.3 is 12.1 Å². The number of benzene rings is 1. The van der Waals surface area contributed by atoms with E-state index in [1.807, 2.05) is 0 Å². The van der Waals surface area contributed by atoms with Crippen molar-refractivity contribution >= 4 is 5.97 Å². The maximum atomic E-state index is 12.5. The number of halogens is 3. The van der Waals surface area contributed by atoms with Crippen LogP contribution in [-0.4, -0.2) is 22.4 Å². The number of ether oxygens (including phenoxy) is 1. The topological polar surface area (TPSA) is 44.1 Å². The number of rotatable bonds is 3. The molecule has 0 aliphatic rings. The van der Waals surface area contributed by atoms with Crippen molar-refractivity contribution in [2.24, 2.45) is 0 Å². The van der Waals surface area contributed by atoms with Crippen molar-refractivity contribution in [1.82, 2.24) is 9.78 Å². The zero-order valence-corrected chi connectivity index (χ0v) is 11.4. The molecule has 0 unspecified atom stereocenters. The molecule has 0 saturated heterocycles. The van der Waals surface area contributed by atoms with Gasteiger partial charge in [0.25, 0.3) is 0 Å². The van der Waals surface area contributed by atoms with E-state index in [0.717, 1.165) is 12.1 Å². The number of nitrogens with zero attached hydrogens (tertiary/aromatic N) is 2. The van der Waals surface area contributed by atoms with Gasteiger partial charge in [-0.15, -0.1) is 0 Å². The Balaban J connectivity index is 2.32. The summed E-state index contributed by atoms with van der Waals surface area (Å²) < 4.78 is 43.8. The van der Waals surface area contributed by atoms with Gasteiger partial charge in [-0.25, -0.2) is 9.48 Å². The Morgan fingerprint density at radius 2 is 1.90 bits per heavy atom. The lowest BCUT2D eigenvalue weighted by atomic mass is 10.2. The summed E-state index contributed by atoms with van der Waals surface area (Å²) in [5.41, 5.74) is 0.449. The fourth-order valence-electron chi connectivity index (χ4n) is 1.83. The summed E-state index contributed by atoms with van der Waals surface area (Å²) in [5, 5.41) is 4.05. The molecule has 4 nitrogen and oxygen atoms in total. The molecular formula is C14H13F3N2O2. The molecule has 0 saturated carbocycles. The number of esters is 1. The van der Waals surface area contributed by atoms with Crippen molar-refractivity contribution in [1.29, 1.82) is 0 Å². The molecule has 0 aliphatic carbocycles. The third kappa shape index (κ3) is 3.24. The summed E-state index contributed by atoms with van der Waals surface area (Å²) in [6, 6.07) is 6.08. The second-order valence-electron chi connectivity index (χ2n) is 4.35. The van der Waals surface area contributed by atoms with Crippen LogP contribution in [0.4, 0.5) is 13.2 Å². The Kier molecular flexibility index (Phi) is 4.02. The van der Waals surface area contributed by atoms with E-state index in [1.54, 1.807) is 13.8 Å². The third-order valence-electron chi connectivity index (χ3n) is 2.81. The van der Waals surface area contributed by atoms with Crippen LogP contribution in [-0.2, 0) is 10.9 Å². The number of carbonyl (C=O) groups excluding carboxylic acids is 1. The van der Waals surface area contributed by atoms with Crippen LogP contribution in [0.1, 0.15) is 28.7 Å². The van der Waals surface area contributed by atoms with Gasteiger partial charge in [0.15, 0.2) is 5.69 Å². The molecule has 0 radical (unpaired) electrons. The highest BCUT2D eigenvalue weighted by molar-refractivity contribution is 5.87. The number of aromatic nitrogens is 2. The summed E-state index contributed by atoms with van der Waals surface area (Å²) in [6.07, 6.45) is -4.38. The lowest BCUT2D eigenvalue weighted by Gasteiger charge is -2.08. The quantitative estimate of drug-likeness (QED) is 0.816. The van der Waals surface area contributed by atoms with E-state index < -0.39 is 17.7 Å². The maximum Gasteiger partial charge on any atom is 0.416 e. The molecule has 0 amide bonds. The number of aryl methyl sites for hydroxylation is 1. The molecule has 1 aromatic heterocycles. The molecule has 0 fully saturated rings. The molecule has 21 heavy (non-hydrogen) atoms. The average Bonchev–Trinajstić information content (AvgIpc) is 2.80. The van der Waals surface area contributed by atoms with E-state index in [9.17, 15) is 18.0 Å². The highest BCUT2D eigenvalue weighted by Gasteiger charge is 2.30. The number of hydrogen-bond donors (Lipinski definition) is 0. The van der Waals surface area contributed by atoms with Crippen molar-refractivity contribution in [3.63, 3.8) is 0 Å². The Morgan fingerprint density at radius 3 is 2.43 bits per heavy atom. The van der Waals surface area contributed by atoms with Gasteiger partial charge in [-0.1, -0.05) is 0 Å². The Hall–Kier alpha value is -2.31. The average molecular weight is 298 g/mol. The SMILES string of the molecule is CCOC(=O)c1cc(C)n(-c2ccc(C(F)(F)F)cc2)n1. The van der Waals surface area contributed by atoms with Crippen LogP contribution >= 0.6 is 0 Å². The van der Waals surface area contributed by atoms with E-state index in [0.29, 0.717) is 11.4 Å². The van der Waals surface area contributed by atoms with Crippen LogP contribution in [0, 0.1) is 6.92 Å². The third-order valence-corrected chi connectivity index (χ3v) is 2.81. The molecule has 0 atom stereocenters. The lowest BCUT2D eigenvalue weighted by Crippen LogP contribution is -2.08. The second-order valence-corrected chi connectivity index (χ2v) is 4.35. The fraction of sp³-hybridized carbons (Fsp3) is 0.286. The molecule has 0 spiro atoms. The lowest BCUT2D eigenvalue weighted by molar-refractivity contribution is -0.137. The Labute approximate surface area is 119 Å². The molecule has 0 aliphatic heterocycles. The van der Waals surface area contributed by atoms with Crippen molar-refractivity contribution in [2.75, 3.05) is 6.61 Å². The van der Waals surface area contributed by atoms with Gasteiger partial charge in [-0.3, -0.25) is 0 Å². The van der Waals surface area contributed by atoms with Crippen LogP contribution in [0.3, 0.4) is 0 Å². The minimum atomic E-state index is -4.38. The monoisotopic (exact) mass is 298 g/mol. The molecule has 1 heterocycles. The summed E-state index contributed by atoms with van der Waals surface area (Å²) in [6.45, 7) is 3.61. The molecule has 1 aromatic carbocycles. The summed E-state index contributed by atoms with van der Waals surface area (Å²) >= 11 is 0. The van der Waals surface area contributed by atoms with Crippen molar-refractivity contribution < 1.29 is 22.7 Å². The molecule has 7 heteroatoms. The molecule has 112 valence electrons. The van der Waals surface area contributed by atoms with E-state index in [2.05, 4.69) is 5.10 Å². The van der Waals surface area contributed by atoms with Crippen LogP contribution in [0.2, 0.25) is 0 Å². The zero-order chi connectivity index (χ0) is 15.6. The maximum absolute atomic E-state index is 12.5. The first-order chi connectivity index (χ1) is 9.82. The Bertz CT molecular complexity index is 645. The van der Waals surface area contributed by atoms with Gasteiger partial charge in [0, 0.05) is 5.69 Å². The van der Waals surface area contributed by atoms with Crippen molar-refractivity contribution in [2.45, 2.75) is 20.0 Å². The van der Waals surface area contributed by atoms with Crippen molar-refractivity contribution in [3.05, 3.63) is 47.3 Å². The number of hydrogen-bond acceptors (Lipinski definition) is 3. The molecule has 0 bridgehead atoms. The predicted molar refractivity (Wildman–Crippen MR) is 69.3 cm³/mol. The molecule has 2 aromatic rings. The first kappa shape index (κ1) is 15.1. The number of alkyl halides is 3. The first-order valence-corrected chi connectivity index (χ1v) is 6.24. The number of carbonyl (C=O) groups is 1. The normalized spacial score (nSPS) is 11.5. The zero-order valence-electron chi connectivity index (χ0n) is 11.4. The van der Waals surface area contributed by atoms with Crippen LogP contribution in [0.5, 0.6) is 0 Å². The standard InChI is InChI=1S/C14H13F3N2O2/c1-3-21-13(20)12-8-9(2)19(18-12)11-6-4-10(5-7-11)14(15,16)17/h4-8H,3H2,1-2H3. The predicted octanol–water partition coefficient (Wildman–Crippen LogP) is 3.38. The first-order valence-electron chi connectivity index (χ1n) is 6.24. The smallest absolute Gasteiger partial charge is 0.416 e. The van der Waals surface area contributed by atoms with Gasteiger partial charge < -0.3 is 4.74 Å². The highest BCUT2D eigenvalue weighted by Crippen LogP contribution is 2.29. The van der Waals surface area contributed by atoms with Crippen LogP contribution in [0.15, 0.2) is 30.3 Å². The Morgan fingerprint density at radius 1 is 1.29 bits per heavy atom. The van der Waals surface area contributed by atoms with Gasteiger partial charge in [-0.05, 0) is 44.2 Å². The molecule has 2 rings (SSSR count). The minimum Gasteiger partial charge on any atom is -0.461 e. The summed E-state index contributed by atoms with van der Waals surface area (Å²) in [7, 11) is 0. The van der Waals surface area contributed by atoms with Gasteiger partial charge in [0.1, 0.15) is 0 Å². The van der Waals surface area contributed by atoms with Crippen LogP contribution < -0.4 is 0 Å². The molecular weight excluding hydrogens is 285 g/mol. The highest BCUT2D eigenvalue weighted by atomic mass is 19.4. The van der Waals surface area contributed by atoms with Crippen molar-refractivity contribution in [3.8, 4) is 5.69 Å². The van der Waals surface area contributed by atoms with E-state index in [4.69, 9.17) is 4.74 Å². The summed E-state index contributed by atoms with van der Waals surface area (Å²) in [5.74, 6) is -0.564. The second kappa shape index (κ2) is 5.59. The van der Waals surface area contributed by atoms with E-state index in [1.165, 1.54) is 22.9 Å². The van der Waals surface area contributed by atoms with Crippen LogP contribution in [0.25, 0.3) is 5.69 Å². The van der Waals surface area contributed by atoms with E-state index >= 15 is 0 Å². The van der Waals surface area contributed by atoms with Gasteiger partial charge in [-0.2, -0.15) is 18.3 Å². The summed E-state index contributed by atoms with van der Waals surface area (Å²) in [4.78, 5) is 11.6. The van der Waals surface area contributed by atoms with Gasteiger partial charge in [0.2, 0.25) is 0 Å². The molecule has 0 N–H and O–H groups in total. The van der Waals surface area contributed by atoms with E-state index in [-0.39, 0.29) is 12.3 Å².